The number of nitrogens with one attached hydrogen (secondary N) is 2. The van der Waals surface area contributed by atoms with Crippen LogP contribution in [0, 0.1) is 11.3 Å². The summed E-state index contributed by atoms with van der Waals surface area (Å²) in [5.74, 6) is -0.948. The van der Waals surface area contributed by atoms with Gasteiger partial charge in [0.25, 0.3) is 11.8 Å². The van der Waals surface area contributed by atoms with Crippen LogP contribution in [-0.4, -0.2) is 22.6 Å². The molecule has 0 atom stereocenters. The molecule has 3 aromatic rings. The number of benzene rings is 2. The number of Topliss-reactive ketones (excluding diaryl/α,β-unsaturated/α-hetero) is 1. The van der Waals surface area contributed by atoms with Crippen molar-refractivity contribution < 1.29 is 14.4 Å². The SMILES string of the molecule is CC(=O)c1ccc(NC(=O)c2cc(C(=O)Nc3ccc(C#N)cc3)ccn2)cc1. The van der Waals surface area contributed by atoms with Gasteiger partial charge >= 0.3 is 0 Å². The van der Waals surface area contributed by atoms with E-state index in [1.807, 2.05) is 6.07 Å². The summed E-state index contributed by atoms with van der Waals surface area (Å²) in [5, 5.41) is 14.2. The number of carbonyl (C=O) groups excluding carboxylic acids is 3. The maximum absolute atomic E-state index is 12.4. The van der Waals surface area contributed by atoms with Crippen molar-refractivity contribution in [1.29, 1.82) is 5.26 Å². The molecule has 0 spiro atoms. The molecule has 0 fully saturated rings. The zero-order valence-corrected chi connectivity index (χ0v) is 15.5. The molecule has 7 nitrogen and oxygen atoms in total. The molecule has 3 rings (SSSR count). The minimum Gasteiger partial charge on any atom is -0.322 e. The average Bonchev–Trinajstić information content (AvgIpc) is 2.74. The number of aromatic nitrogens is 1. The number of pyridine rings is 1. The van der Waals surface area contributed by atoms with Crippen molar-refractivity contribution in [2.24, 2.45) is 0 Å². The van der Waals surface area contributed by atoms with E-state index in [1.54, 1.807) is 48.5 Å². The summed E-state index contributed by atoms with van der Waals surface area (Å²) in [7, 11) is 0. The molecule has 1 heterocycles. The summed E-state index contributed by atoms with van der Waals surface area (Å²) in [4.78, 5) is 40.2. The summed E-state index contributed by atoms with van der Waals surface area (Å²) in [5.41, 5.74) is 2.41. The quantitative estimate of drug-likeness (QED) is 0.652. The Morgan fingerprint density at radius 2 is 1.41 bits per heavy atom. The van der Waals surface area contributed by atoms with Crippen LogP contribution in [0.2, 0.25) is 0 Å². The fourth-order valence-corrected chi connectivity index (χ4v) is 2.51. The van der Waals surface area contributed by atoms with Gasteiger partial charge in [0.15, 0.2) is 5.78 Å². The molecule has 0 aliphatic rings. The number of amides is 2. The lowest BCUT2D eigenvalue weighted by Gasteiger charge is -2.08. The van der Waals surface area contributed by atoms with Crippen molar-refractivity contribution in [2.75, 3.05) is 10.6 Å². The van der Waals surface area contributed by atoms with Gasteiger partial charge in [0.1, 0.15) is 5.69 Å². The van der Waals surface area contributed by atoms with Gasteiger partial charge in [-0.15, -0.1) is 0 Å². The van der Waals surface area contributed by atoms with E-state index in [-0.39, 0.29) is 17.0 Å². The first-order valence-electron chi connectivity index (χ1n) is 8.66. The van der Waals surface area contributed by atoms with Crippen LogP contribution in [0.25, 0.3) is 0 Å². The van der Waals surface area contributed by atoms with Gasteiger partial charge in [-0.3, -0.25) is 19.4 Å². The Morgan fingerprint density at radius 1 is 0.828 bits per heavy atom. The highest BCUT2D eigenvalue weighted by Crippen LogP contribution is 2.14. The fraction of sp³-hybridized carbons (Fsp3) is 0.0455. The second kappa shape index (κ2) is 8.59. The molecule has 2 amide bonds. The minimum atomic E-state index is -0.478. The maximum Gasteiger partial charge on any atom is 0.274 e. The molecule has 0 aliphatic carbocycles. The first-order valence-corrected chi connectivity index (χ1v) is 8.66. The molecule has 7 heteroatoms. The summed E-state index contributed by atoms with van der Waals surface area (Å²) in [6.45, 7) is 1.46. The first-order chi connectivity index (χ1) is 14.0. The second-order valence-corrected chi connectivity index (χ2v) is 6.16. The van der Waals surface area contributed by atoms with Crippen LogP contribution in [0.15, 0.2) is 66.9 Å². The van der Waals surface area contributed by atoms with E-state index in [1.165, 1.54) is 25.3 Å². The van der Waals surface area contributed by atoms with Gasteiger partial charge in [-0.05, 0) is 67.6 Å². The third-order valence-corrected chi connectivity index (χ3v) is 4.08. The zero-order chi connectivity index (χ0) is 20.8. The van der Waals surface area contributed by atoms with Crippen LogP contribution in [0.3, 0.4) is 0 Å². The van der Waals surface area contributed by atoms with Crippen LogP contribution in [0.1, 0.15) is 43.7 Å². The van der Waals surface area contributed by atoms with E-state index in [2.05, 4.69) is 15.6 Å². The van der Waals surface area contributed by atoms with Crippen LogP contribution < -0.4 is 10.6 Å². The zero-order valence-electron chi connectivity index (χ0n) is 15.5. The van der Waals surface area contributed by atoms with Gasteiger partial charge in [0.05, 0.1) is 11.6 Å². The molecule has 29 heavy (non-hydrogen) atoms. The Morgan fingerprint density at radius 3 is 2.00 bits per heavy atom. The summed E-state index contributed by atoms with van der Waals surface area (Å²) < 4.78 is 0. The highest BCUT2D eigenvalue weighted by Gasteiger charge is 2.13. The largest absolute Gasteiger partial charge is 0.322 e. The molecular weight excluding hydrogens is 368 g/mol. The third kappa shape index (κ3) is 4.90. The highest BCUT2D eigenvalue weighted by molar-refractivity contribution is 6.08. The first kappa shape index (κ1) is 19.5. The highest BCUT2D eigenvalue weighted by atomic mass is 16.2. The van der Waals surface area contributed by atoms with Gasteiger partial charge in [-0.25, -0.2) is 0 Å². The second-order valence-electron chi connectivity index (χ2n) is 6.16. The Hall–Kier alpha value is -4.31. The molecule has 0 unspecified atom stereocenters. The lowest BCUT2D eigenvalue weighted by Crippen LogP contribution is -2.17. The van der Waals surface area contributed by atoms with Gasteiger partial charge in [0, 0.05) is 28.7 Å². The van der Waals surface area contributed by atoms with Crippen LogP contribution in [-0.2, 0) is 0 Å². The van der Waals surface area contributed by atoms with E-state index >= 15 is 0 Å². The predicted molar refractivity (Wildman–Crippen MR) is 108 cm³/mol. The van der Waals surface area contributed by atoms with E-state index in [9.17, 15) is 14.4 Å². The molecule has 0 radical (unpaired) electrons. The van der Waals surface area contributed by atoms with E-state index in [0.717, 1.165) is 0 Å². The maximum atomic E-state index is 12.4. The van der Waals surface area contributed by atoms with Crippen molar-refractivity contribution in [3.8, 4) is 6.07 Å². The summed E-state index contributed by atoms with van der Waals surface area (Å²) in [6, 6.07) is 17.8. The molecule has 0 saturated heterocycles. The minimum absolute atomic E-state index is 0.0643. The van der Waals surface area contributed by atoms with Crippen LogP contribution in [0.4, 0.5) is 11.4 Å². The Balaban J connectivity index is 1.70. The topological polar surface area (TPSA) is 112 Å². The number of nitrogens with zero attached hydrogens (tertiary/aromatic N) is 2. The monoisotopic (exact) mass is 384 g/mol. The van der Waals surface area contributed by atoms with Crippen molar-refractivity contribution in [2.45, 2.75) is 6.92 Å². The summed E-state index contributed by atoms with van der Waals surface area (Å²) >= 11 is 0. The van der Waals surface area contributed by atoms with Gasteiger partial charge < -0.3 is 10.6 Å². The predicted octanol–water partition coefficient (Wildman–Crippen LogP) is 3.66. The van der Waals surface area contributed by atoms with Gasteiger partial charge in [-0.1, -0.05) is 0 Å². The van der Waals surface area contributed by atoms with Gasteiger partial charge in [-0.2, -0.15) is 5.26 Å². The molecule has 0 bridgehead atoms. The molecule has 0 aliphatic heterocycles. The number of hydrogen-bond donors (Lipinski definition) is 2. The number of carbonyl (C=O) groups is 3. The smallest absolute Gasteiger partial charge is 0.274 e. The van der Waals surface area contributed by atoms with E-state index < -0.39 is 11.8 Å². The Kier molecular flexibility index (Phi) is 5.76. The van der Waals surface area contributed by atoms with Crippen LogP contribution >= 0.6 is 0 Å². The Labute approximate surface area is 167 Å². The fourth-order valence-electron chi connectivity index (χ4n) is 2.51. The van der Waals surface area contributed by atoms with Crippen molar-refractivity contribution in [3.05, 3.63) is 89.2 Å². The third-order valence-electron chi connectivity index (χ3n) is 4.08. The molecular formula is C22H16N4O3. The van der Waals surface area contributed by atoms with Crippen molar-refractivity contribution in [1.82, 2.24) is 4.98 Å². The molecule has 2 N–H and O–H groups in total. The van der Waals surface area contributed by atoms with E-state index in [0.29, 0.717) is 22.5 Å². The molecule has 1 aromatic heterocycles. The molecule has 2 aromatic carbocycles. The molecule has 0 saturated carbocycles. The standard InChI is InChI=1S/C22H16N4O3/c1-14(27)16-4-8-19(9-5-16)26-22(29)20-12-17(10-11-24-20)21(28)25-18-6-2-15(13-23)3-7-18/h2-12H,1H3,(H,25,28)(H,26,29). The van der Waals surface area contributed by atoms with Crippen LogP contribution in [0.5, 0.6) is 0 Å². The van der Waals surface area contributed by atoms with Crippen molar-refractivity contribution >= 4 is 29.0 Å². The number of nitriles is 1. The Bertz CT molecular complexity index is 1110. The number of rotatable bonds is 5. The normalized spacial score (nSPS) is 9.93. The molecule has 142 valence electrons. The number of ketones is 1. The summed E-state index contributed by atoms with van der Waals surface area (Å²) in [6.07, 6.45) is 1.38. The average molecular weight is 384 g/mol. The lowest BCUT2D eigenvalue weighted by molar-refractivity contribution is 0.101. The lowest BCUT2D eigenvalue weighted by atomic mass is 10.1. The van der Waals surface area contributed by atoms with Crippen molar-refractivity contribution in [3.63, 3.8) is 0 Å². The van der Waals surface area contributed by atoms with Gasteiger partial charge in [0.2, 0.25) is 0 Å². The number of hydrogen-bond acceptors (Lipinski definition) is 5. The van der Waals surface area contributed by atoms with E-state index in [4.69, 9.17) is 5.26 Å². The number of anilines is 2.